The van der Waals surface area contributed by atoms with Crippen molar-refractivity contribution in [1.29, 1.82) is 0 Å². The maximum Gasteiger partial charge on any atom is 0.311 e. The average molecular weight is 570 g/mol. The normalized spacial score (nSPS) is 24.4. The Morgan fingerprint density at radius 1 is 0.650 bits per heavy atom. The number of carbonyl (C=O) groups excluding carboxylic acids is 4. The van der Waals surface area contributed by atoms with E-state index in [1.165, 1.54) is 0 Å². The molecular weight excluding hydrogens is 518 g/mol. The predicted molar refractivity (Wildman–Crippen MR) is 150 cm³/mol. The largest absolute Gasteiger partial charge is 0.462 e. The molecule has 10 nitrogen and oxygen atoms in total. The molecule has 10 heteroatoms. The summed E-state index contributed by atoms with van der Waals surface area (Å²) in [6.07, 6.45) is -2.89. The van der Waals surface area contributed by atoms with Gasteiger partial charge in [-0.3, -0.25) is 24.2 Å². The molecule has 0 aromatic rings. The molecule has 230 valence electrons. The van der Waals surface area contributed by atoms with E-state index in [2.05, 4.69) is 4.99 Å². The molecule has 5 atom stereocenters. The van der Waals surface area contributed by atoms with E-state index in [4.69, 9.17) is 23.7 Å². The van der Waals surface area contributed by atoms with Crippen molar-refractivity contribution in [3.63, 3.8) is 0 Å². The molecule has 0 aliphatic carbocycles. The summed E-state index contributed by atoms with van der Waals surface area (Å²) < 4.78 is 29.5. The molecule has 1 aliphatic rings. The summed E-state index contributed by atoms with van der Waals surface area (Å²) in [5, 5.41) is 0. The molecule has 0 unspecified atom stereocenters. The first-order valence-electron chi connectivity index (χ1n) is 14.0. The zero-order valence-electron chi connectivity index (χ0n) is 26.7. The van der Waals surface area contributed by atoms with Gasteiger partial charge in [0.05, 0.1) is 21.7 Å². The minimum absolute atomic E-state index is 0.304. The van der Waals surface area contributed by atoms with Crippen LogP contribution in [0.15, 0.2) is 4.99 Å². The minimum atomic E-state index is -1.29. The molecule has 0 aromatic heterocycles. The lowest BCUT2D eigenvalue weighted by atomic mass is 9.92. The summed E-state index contributed by atoms with van der Waals surface area (Å²) in [5.74, 6) is -2.27. The van der Waals surface area contributed by atoms with E-state index < -0.39 is 76.2 Å². The lowest BCUT2D eigenvalue weighted by molar-refractivity contribution is -0.258. The van der Waals surface area contributed by atoms with E-state index in [9.17, 15) is 19.2 Å². The zero-order chi connectivity index (χ0) is 31.3. The van der Waals surface area contributed by atoms with Gasteiger partial charge in [-0.05, 0) is 89.5 Å². The molecule has 0 saturated carbocycles. The van der Waals surface area contributed by atoms with Crippen molar-refractivity contribution in [2.75, 3.05) is 6.61 Å². The number of rotatable bonds is 8. The second-order valence-corrected chi connectivity index (χ2v) is 14.4. The van der Waals surface area contributed by atoms with Gasteiger partial charge in [0.1, 0.15) is 12.7 Å². The van der Waals surface area contributed by atoms with Gasteiger partial charge in [0.25, 0.3) is 0 Å². The second-order valence-electron chi connectivity index (χ2n) is 14.4. The lowest BCUT2D eigenvalue weighted by Crippen LogP contribution is -2.63. The van der Waals surface area contributed by atoms with Crippen LogP contribution in [0, 0.1) is 21.7 Å². The number of hydrogen-bond acceptors (Lipinski definition) is 10. The van der Waals surface area contributed by atoms with Crippen LogP contribution in [0.4, 0.5) is 0 Å². The maximum atomic E-state index is 13.2. The molecule has 1 heterocycles. The Hall–Kier alpha value is -2.49. The van der Waals surface area contributed by atoms with E-state index in [1.54, 1.807) is 89.3 Å². The van der Waals surface area contributed by atoms with Crippen LogP contribution >= 0.6 is 0 Å². The van der Waals surface area contributed by atoms with Crippen LogP contribution in [-0.4, -0.2) is 67.3 Å². The van der Waals surface area contributed by atoms with Crippen LogP contribution in [0.2, 0.25) is 0 Å². The Labute approximate surface area is 239 Å². The van der Waals surface area contributed by atoms with E-state index in [0.29, 0.717) is 6.42 Å². The SMILES string of the molecule is CCC/C=N/[C@@H]1O[C@H](COC(=O)C(C)(C)C)[C@H](OC(=O)C(C)(C)C)[C@H](OC(=O)C(C)(C)C)[C@H]1OC(=O)C(C)(C)C. The third-order valence-electron chi connectivity index (χ3n) is 5.84. The third-order valence-corrected chi connectivity index (χ3v) is 5.84. The van der Waals surface area contributed by atoms with E-state index in [-0.39, 0.29) is 6.61 Å². The Bertz CT molecular complexity index is 929. The molecule has 0 N–H and O–H groups in total. The van der Waals surface area contributed by atoms with Gasteiger partial charge in [-0.2, -0.15) is 0 Å². The number of esters is 4. The molecule has 1 saturated heterocycles. The highest BCUT2D eigenvalue weighted by Gasteiger charge is 2.54. The zero-order valence-corrected chi connectivity index (χ0v) is 26.7. The first-order chi connectivity index (χ1) is 18.0. The molecule has 0 aromatic carbocycles. The Morgan fingerprint density at radius 2 is 1.05 bits per heavy atom. The first kappa shape index (κ1) is 35.5. The van der Waals surface area contributed by atoms with Crippen LogP contribution in [0.25, 0.3) is 0 Å². The highest BCUT2D eigenvalue weighted by Crippen LogP contribution is 2.34. The third kappa shape index (κ3) is 10.5. The van der Waals surface area contributed by atoms with Gasteiger partial charge >= 0.3 is 23.9 Å². The summed E-state index contributed by atoms with van der Waals surface area (Å²) in [4.78, 5) is 56.5. The van der Waals surface area contributed by atoms with E-state index in [0.717, 1.165) is 6.42 Å². The van der Waals surface area contributed by atoms with Crippen LogP contribution in [0.3, 0.4) is 0 Å². The van der Waals surface area contributed by atoms with E-state index >= 15 is 0 Å². The average Bonchev–Trinajstić information content (AvgIpc) is 2.78. The van der Waals surface area contributed by atoms with Crippen molar-refractivity contribution in [2.24, 2.45) is 26.7 Å². The monoisotopic (exact) mass is 569 g/mol. The molecule has 0 radical (unpaired) electrons. The molecular formula is C30H51NO9. The molecule has 40 heavy (non-hydrogen) atoms. The van der Waals surface area contributed by atoms with Crippen LogP contribution in [0.1, 0.15) is 103 Å². The van der Waals surface area contributed by atoms with E-state index in [1.807, 2.05) is 6.92 Å². The highest BCUT2D eigenvalue weighted by atomic mass is 16.7. The van der Waals surface area contributed by atoms with Crippen LogP contribution < -0.4 is 0 Å². The maximum absolute atomic E-state index is 13.2. The summed E-state index contributed by atoms with van der Waals surface area (Å²) in [5.41, 5.74) is -3.54. The van der Waals surface area contributed by atoms with Crippen molar-refractivity contribution >= 4 is 30.1 Å². The van der Waals surface area contributed by atoms with Crippen molar-refractivity contribution in [3.05, 3.63) is 0 Å². The minimum Gasteiger partial charge on any atom is -0.462 e. The Balaban J connectivity index is 3.72. The number of nitrogens with zero attached hydrogens (tertiary/aromatic N) is 1. The molecule has 0 bridgehead atoms. The smallest absolute Gasteiger partial charge is 0.311 e. The fourth-order valence-electron chi connectivity index (χ4n) is 3.13. The Morgan fingerprint density at radius 3 is 1.45 bits per heavy atom. The highest BCUT2D eigenvalue weighted by molar-refractivity contribution is 5.78. The number of ether oxygens (including phenoxy) is 5. The predicted octanol–water partition coefficient (Wildman–Crippen LogP) is 5.05. The summed E-state index contributed by atoms with van der Waals surface area (Å²) in [6.45, 7) is 22.0. The van der Waals surface area contributed by atoms with Crippen LogP contribution in [-0.2, 0) is 42.9 Å². The summed E-state index contributed by atoms with van der Waals surface area (Å²) in [7, 11) is 0. The molecule has 0 spiro atoms. The fourth-order valence-corrected chi connectivity index (χ4v) is 3.13. The van der Waals surface area contributed by atoms with Gasteiger partial charge in [0.15, 0.2) is 24.5 Å². The van der Waals surface area contributed by atoms with Crippen molar-refractivity contribution in [1.82, 2.24) is 0 Å². The van der Waals surface area contributed by atoms with Gasteiger partial charge in [-0.15, -0.1) is 0 Å². The van der Waals surface area contributed by atoms with Crippen LogP contribution in [0.5, 0.6) is 0 Å². The molecule has 0 amide bonds. The number of unbranched alkanes of at least 4 members (excludes halogenated alkanes) is 1. The van der Waals surface area contributed by atoms with Gasteiger partial charge in [0, 0.05) is 6.21 Å². The standard InChI is InChI=1S/C30H51NO9/c1-14-15-16-31-22-21(40-26(35)30(11,12)13)20(39-25(34)29(8,9)10)19(38-24(33)28(5,6)7)18(37-22)17-36-23(32)27(2,3)4/h16,18-22H,14-15,17H2,1-13H3/b31-16+/t18-,19+,20+,21-,22-/m1/s1. The summed E-state index contributed by atoms with van der Waals surface area (Å²) in [6, 6.07) is 0. The van der Waals surface area contributed by atoms with Gasteiger partial charge in [-0.1, -0.05) is 13.3 Å². The summed E-state index contributed by atoms with van der Waals surface area (Å²) >= 11 is 0. The molecule has 1 fully saturated rings. The number of aliphatic imine (C=N–C) groups is 1. The van der Waals surface area contributed by atoms with Crippen molar-refractivity contribution < 1.29 is 42.9 Å². The fraction of sp³-hybridized carbons (Fsp3) is 0.833. The second kappa shape index (κ2) is 13.4. The first-order valence-corrected chi connectivity index (χ1v) is 14.0. The van der Waals surface area contributed by atoms with Crippen molar-refractivity contribution in [2.45, 2.75) is 133 Å². The van der Waals surface area contributed by atoms with Gasteiger partial charge < -0.3 is 23.7 Å². The van der Waals surface area contributed by atoms with Crippen molar-refractivity contribution in [3.8, 4) is 0 Å². The van der Waals surface area contributed by atoms with Gasteiger partial charge in [0.2, 0.25) is 0 Å². The topological polar surface area (TPSA) is 127 Å². The Kier molecular flexibility index (Phi) is 11.9. The molecule has 1 rings (SSSR count). The number of carbonyl (C=O) groups is 4. The number of hydrogen-bond donors (Lipinski definition) is 0. The van der Waals surface area contributed by atoms with Gasteiger partial charge in [-0.25, -0.2) is 0 Å². The lowest BCUT2D eigenvalue weighted by Gasteiger charge is -2.45. The molecule has 1 aliphatic heterocycles. The quantitative estimate of drug-likeness (QED) is 0.224.